The Morgan fingerprint density at radius 1 is 1.14 bits per heavy atom. The first kappa shape index (κ1) is 14.0. The number of ether oxygens (including phenoxy) is 1. The second-order valence-corrected chi connectivity index (χ2v) is 4.88. The SMILES string of the molecule is Cc1[nH]c2ccccc2c1C(=O)COC(=O)c1ccccn1. The van der Waals surface area contributed by atoms with Gasteiger partial charge in [-0.15, -0.1) is 0 Å². The fourth-order valence-corrected chi connectivity index (χ4v) is 2.40. The number of pyridine rings is 1. The summed E-state index contributed by atoms with van der Waals surface area (Å²) in [5.41, 5.74) is 2.40. The quantitative estimate of drug-likeness (QED) is 0.593. The van der Waals surface area contributed by atoms with Gasteiger partial charge in [-0.2, -0.15) is 0 Å². The highest BCUT2D eigenvalue weighted by Crippen LogP contribution is 2.22. The lowest BCUT2D eigenvalue weighted by Gasteiger charge is -2.04. The number of nitrogens with one attached hydrogen (secondary N) is 1. The standard InChI is InChI=1S/C17H14N2O3/c1-11-16(12-6-2-3-7-13(12)19-11)15(20)10-22-17(21)14-8-4-5-9-18-14/h2-9,19H,10H2,1H3. The topological polar surface area (TPSA) is 72.1 Å². The minimum atomic E-state index is -0.605. The van der Waals surface area contributed by atoms with Crippen molar-refractivity contribution in [3.63, 3.8) is 0 Å². The number of carbonyl (C=O) groups excluding carboxylic acids is 2. The van der Waals surface area contributed by atoms with Gasteiger partial charge >= 0.3 is 5.97 Å². The molecule has 2 aromatic heterocycles. The van der Waals surface area contributed by atoms with Crippen LogP contribution in [0.15, 0.2) is 48.7 Å². The Hall–Kier alpha value is -2.95. The number of aromatic nitrogens is 2. The molecular weight excluding hydrogens is 280 g/mol. The van der Waals surface area contributed by atoms with Crippen LogP contribution in [0.2, 0.25) is 0 Å². The van der Waals surface area contributed by atoms with E-state index in [2.05, 4.69) is 9.97 Å². The molecule has 110 valence electrons. The first-order valence-electron chi connectivity index (χ1n) is 6.85. The Morgan fingerprint density at radius 3 is 2.68 bits per heavy atom. The third-order valence-electron chi connectivity index (χ3n) is 3.38. The number of carbonyl (C=O) groups is 2. The van der Waals surface area contributed by atoms with Gasteiger partial charge < -0.3 is 9.72 Å². The number of aromatic amines is 1. The van der Waals surface area contributed by atoms with E-state index >= 15 is 0 Å². The van der Waals surface area contributed by atoms with Crippen LogP contribution in [0.1, 0.15) is 26.5 Å². The number of nitrogens with zero attached hydrogens (tertiary/aromatic N) is 1. The van der Waals surface area contributed by atoms with Crippen molar-refractivity contribution >= 4 is 22.7 Å². The summed E-state index contributed by atoms with van der Waals surface area (Å²) in [6.07, 6.45) is 1.50. The number of rotatable bonds is 4. The highest BCUT2D eigenvalue weighted by Gasteiger charge is 2.18. The number of esters is 1. The van der Waals surface area contributed by atoms with Gasteiger partial charge in [-0.25, -0.2) is 9.78 Å². The molecule has 0 aliphatic rings. The van der Waals surface area contributed by atoms with Crippen molar-refractivity contribution in [2.24, 2.45) is 0 Å². The lowest BCUT2D eigenvalue weighted by atomic mass is 10.1. The molecule has 0 fully saturated rings. The minimum absolute atomic E-state index is 0.186. The van der Waals surface area contributed by atoms with Gasteiger partial charge in [-0.1, -0.05) is 24.3 Å². The molecule has 0 bridgehead atoms. The van der Waals surface area contributed by atoms with Gasteiger partial charge in [0.15, 0.2) is 6.61 Å². The summed E-state index contributed by atoms with van der Waals surface area (Å²) in [6, 6.07) is 12.5. The van der Waals surface area contributed by atoms with E-state index in [0.29, 0.717) is 5.56 Å². The molecule has 0 saturated heterocycles. The highest BCUT2D eigenvalue weighted by atomic mass is 16.5. The lowest BCUT2D eigenvalue weighted by molar-refractivity contribution is 0.0469. The third-order valence-corrected chi connectivity index (χ3v) is 3.38. The molecule has 3 aromatic rings. The molecule has 0 radical (unpaired) electrons. The summed E-state index contributed by atoms with van der Waals surface area (Å²) in [4.78, 5) is 31.2. The summed E-state index contributed by atoms with van der Waals surface area (Å²) in [6.45, 7) is 1.52. The maximum absolute atomic E-state index is 12.4. The average Bonchev–Trinajstić information content (AvgIpc) is 2.89. The van der Waals surface area contributed by atoms with Crippen LogP contribution in [0.25, 0.3) is 10.9 Å². The van der Waals surface area contributed by atoms with Crippen molar-refractivity contribution in [2.75, 3.05) is 6.61 Å². The number of ketones is 1. The molecule has 0 amide bonds. The van der Waals surface area contributed by atoms with Gasteiger partial charge in [0.1, 0.15) is 5.69 Å². The maximum Gasteiger partial charge on any atom is 0.357 e. The van der Waals surface area contributed by atoms with E-state index in [1.165, 1.54) is 6.20 Å². The zero-order chi connectivity index (χ0) is 15.5. The molecule has 1 N–H and O–H groups in total. The second-order valence-electron chi connectivity index (χ2n) is 4.88. The predicted molar refractivity (Wildman–Crippen MR) is 81.9 cm³/mol. The molecule has 22 heavy (non-hydrogen) atoms. The minimum Gasteiger partial charge on any atom is -0.453 e. The summed E-state index contributed by atoms with van der Waals surface area (Å²) in [5, 5.41) is 0.832. The van der Waals surface area contributed by atoms with Crippen molar-refractivity contribution in [1.29, 1.82) is 0 Å². The van der Waals surface area contributed by atoms with Gasteiger partial charge in [0.25, 0.3) is 0 Å². The van der Waals surface area contributed by atoms with Gasteiger partial charge in [0, 0.05) is 28.4 Å². The second kappa shape index (κ2) is 5.81. The monoisotopic (exact) mass is 294 g/mol. The molecule has 0 spiro atoms. The van der Waals surface area contributed by atoms with E-state index in [0.717, 1.165) is 16.6 Å². The number of hydrogen-bond donors (Lipinski definition) is 1. The van der Waals surface area contributed by atoms with E-state index < -0.39 is 5.97 Å². The Bertz CT molecular complexity index is 837. The van der Waals surface area contributed by atoms with Crippen molar-refractivity contribution in [3.8, 4) is 0 Å². The molecule has 0 aliphatic carbocycles. The van der Waals surface area contributed by atoms with Crippen molar-refractivity contribution < 1.29 is 14.3 Å². The number of H-pyrrole nitrogens is 1. The summed E-state index contributed by atoms with van der Waals surface area (Å²) in [7, 11) is 0. The summed E-state index contributed by atoms with van der Waals surface area (Å²) < 4.78 is 5.05. The molecule has 1 aromatic carbocycles. The molecule has 0 unspecified atom stereocenters. The van der Waals surface area contributed by atoms with E-state index in [9.17, 15) is 9.59 Å². The van der Waals surface area contributed by atoms with Crippen molar-refractivity contribution in [3.05, 3.63) is 65.6 Å². The molecule has 0 saturated carbocycles. The Labute approximate surface area is 126 Å². The average molecular weight is 294 g/mol. The predicted octanol–water partition coefficient (Wildman–Crippen LogP) is 2.91. The Kier molecular flexibility index (Phi) is 3.70. The fourth-order valence-electron chi connectivity index (χ4n) is 2.40. The number of fused-ring (bicyclic) bond motifs is 1. The number of benzene rings is 1. The molecule has 3 rings (SSSR count). The van der Waals surface area contributed by atoms with Gasteiger partial charge in [-0.05, 0) is 25.1 Å². The summed E-state index contributed by atoms with van der Waals surface area (Å²) >= 11 is 0. The molecule has 5 heteroatoms. The van der Waals surface area contributed by atoms with Gasteiger partial charge in [-0.3, -0.25) is 4.79 Å². The van der Waals surface area contributed by atoms with Crippen LogP contribution in [-0.2, 0) is 4.74 Å². The van der Waals surface area contributed by atoms with Crippen LogP contribution in [0.3, 0.4) is 0 Å². The normalized spacial score (nSPS) is 10.6. The van der Waals surface area contributed by atoms with Crippen LogP contribution in [-0.4, -0.2) is 28.3 Å². The number of hydrogen-bond acceptors (Lipinski definition) is 4. The molecular formula is C17H14N2O3. The van der Waals surface area contributed by atoms with Crippen LogP contribution < -0.4 is 0 Å². The van der Waals surface area contributed by atoms with E-state index in [1.807, 2.05) is 31.2 Å². The van der Waals surface area contributed by atoms with Gasteiger partial charge in [0.2, 0.25) is 5.78 Å². The van der Waals surface area contributed by atoms with Crippen LogP contribution >= 0.6 is 0 Å². The zero-order valence-corrected chi connectivity index (χ0v) is 12.0. The van der Waals surface area contributed by atoms with Gasteiger partial charge in [0.05, 0.1) is 0 Å². The van der Waals surface area contributed by atoms with Crippen LogP contribution in [0.5, 0.6) is 0 Å². The van der Waals surface area contributed by atoms with E-state index in [-0.39, 0.29) is 18.1 Å². The van der Waals surface area contributed by atoms with Crippen LogP contribution in [0, 0.1) is 6.92 Å². The molecule has 0 aliphatic heterocycles. The molecule has 2 heterocycles. The first-order valence-corrected chi connectivity index (χ1v) is 6.85. The molecule has 0 atom stereocenters. The number of aryl methyl sites for hydroxylation is 1. The summed E-state index contributed by atoms with van der Waals surface area (Å²) in [5.74, 6) is -0.842. The van der Waals surface area contributed by atoms with Crippen LogP contribution in [0.4, 0.5) is 0 Å². The maximum atomic E-state index is 12.4. The third kappa shape index (κ3) is 2.61. The zero-order valence-electron chi connectivity index (χ0n) is 12.0. The van der Waals surface area contributed by atoms with Crippen molar-refractivity contribution in [2.45, 2.75) is 6.92 Å². The largest absolute Gasteiger partial charge is 0.453 e. The lowest BCUT2D eigenvalue weighted by Crippen LogP contribution is -2.15. The highest BCUT2D eigenvalue weighted by molar-refractivity contribution is 6.10. The molecule has 5 nitrogen and oxygen atoms in total. The Morgan fingerprint density at radius 2 is 1.91 bits per heavy atom. The number of Topliss-reactive ketones (excluding diaryl/α,β-unsaturated/α-hetero) is 1. The Balaban J connectivity index is 1.77. The van der Waals surface area contributed by atoms with Crippen molar-refractivity contribution in [1.82, 2.24) is 9.97 Å². The van der Waals surface area contributed by atoms with E-state index in [1.54, 1.807) is 18.2 Å². The first-order chi connectivity index (χ1) is 10.7. The number of para-hydroxylation sites is 1. The van der Waals surface area contributed by atoms with E-state index in [4.69, 9.17) is 4.74 Å². The smallest absolute Gasteiger partial charge is 0.357 e. The fraction of sp³-hybridized carbons (Fsp3) is 0.118.